The van der Waals surface area contributed by atoms with Gasteiger partial charge in [0.05, 0.1) is 12.7 Å². The lowest BCUT2D eigenvalue weighted by molar-refractivity contribution is -0.0376. The molecule has 4 rings (SSSR count). The van der Waals surface area contributed by atoms with Crippen molar-refractivity contribution in [3.63, 3.8) is 0 Å². The number of methoxy groups -OCH3 is 1. The van der Waals surface area contributed by atoms with Crippen LogP contribution in [0.1, 0.15) is 17.6 Å². The molecule has 1 aliphatic heterocycles. The number of benzene rings is 2. The van der Waals surface area contributed by atoms with Crippen LogP contribution in [0.5, 0.6) is 23.0 Å². The number of ether oxygens (including phenoxy) is 2. The predicted octanol–water partition coefficient (Wildman–Crippen LogP) is 2.57. The topological polar surface area (TPSA) is 109 Å². The largest absolute Gasteiger partial charge is 0.507 e. The molecule has 0 bridgehead atoms. The number of aliphatic hydroxyl groups excluding tert-OH is 1. The molecule has 0 aliphatic carbocycles. The van der Waals surface area contributed by atoms with Gasteiger partial charge in [0.2, 0.25) is 11.2 Å². The number of aromatic hydroxyl groups is 2. The molecule has 2 heterocycles. The molecule has 0 amide bonds. The number of hydrogen-bond donors (Lipinski definition) is 3. The molecule has 0 fully saturated rings. The van der Waals surface area contributed by atoms with E-state index in [2.05, 4.69) is 0 Å². The highest BCUT2D eigenvalue weighted by atomic mass is 16.6. The van der Waals surface area contributed by atoms with Gasteiger partial charge in [-0.25, -0.2) is 0 Å². The van der Waals surface area contributed by atoms with Crippen LogP contribution < -0.4 is 14.9 Å². The Morgan fingerprint density at radius 3 is 2.60 bits per heavy atom. The smallest absolute Gasteiger partial charge is 0.257 e. The molecule has 0 saturated heterocycles. The summed E-state index contributed by atoms with van der Waals surface area (Å²) in [4.78, 5) is 13.1. The van der Waals surface area contributed by atoms with Crippen LogP contribution in [-0.4, -0.2) is 22.4 Å². The molecule has 1 aromatic heterocycles. The van der Waals surface area contributed by atoms with Crippen LogP contribution in [-0.2, 0) is 0 Å². The zero-order valence-corrected chi connectivity index (χ0v) is 13.4. The number of hydrogen-bond acceptors (Lipinski definition) is 7. The lowest BCUT2D eigenvalue weighted by atomic mass is 9.97. The number of para-hydroxylation sites is 1. The SMILES string of the molecule is COc1c(C)c(O)c2c(=O)c3c(oc2c1O)[C@@H](O)Oc1ccccc1-3. The number of rotatable bonds is 1. The third-order valence-corrected chi connectivity index (χ3v) is 4.33. The van der Waals surface area contributed by atoms with E-state index in [0.29, 0.717) is 11.3 Å². The molecule has 7 nitrogen and oxygen atoms in total. The second kappa shape index (κ2) is 5.15. The van der Waals surface area contributed by atoms with Crippen LogP contribution in [0.3, 0.4) is 0 Å². The second-order valence-electron chi connectivity index (χ2n) is 5.70. The molecule has 25 heavy (non-hydrogen) atoms. The summed E-state index contributed by atoms with van der Waals surface area (Å²) in [6.45, 7) is 1.51. The van der Waals surface area contributed by atoms with Gasteiger partial charge in [-0.15, -0.1) is 0 Å². The van der Waals surface area contributed by atoms with Crippen molar-refractivity contribution < 1.29 is 29.2 Å². The molecule has 128 valence electrons. The molecule has 0 spiro atoms. The molecule has 0 unspecified atom stereocenters. The third-order valence-electron chi connectivity index (χ3n) is 4.33. The molecule has 3 N–H and O–H groups in total. The summed E-state index contributed by atoms with van der Waals surface area (Å²) < 4.78 is 16.0. The summed E-state index contributed by atoms with van der Waals surface area (Å²) in [6.07, 6.45) is -1.52. The van der Waals surface area contributed by atoms with Gasteiger partial charge in [0.15, 0.2) is 17.1 Å². The van der Waals surface area contributed by atoms with E-state index in [4.69, 9.17) is 13.9 Å². The second-order valence-corrected chi connectivity index (χ2v) is 5.70. The fourth-order valence-corrected chi connectivity index (χ4v) is 3.14. The van der Waals surface area contributed by atoms with E-state index in [0.717, 1.165) is 0 Å². The van der Waals surface area contributed by atoms with E-state index in [1.54, 1.807) is 24.3 Å². The van der Waals surface area contributed by atoms with Crippen LogP contribution in [0, 0.1) is 6.92 Å². The molecule has 7 heteroatoms. The maximum absolute atomic E-state index is 13.1. The molecule has 1 atom stereocenters. The first-order valence-corrected chi connectivity index (χ1v) is 7.49. The van der Waals surface area contributed by atoms with Crippen LogP contribution in [0.15, 0.2) is 33.5 Å². The van der Waals surface area contributed by atoms with Crippen molar-refractivity contribution in [2.75, 3.05) is 7.11 Å². The molecular weight excluding hydrogens is 328 g/mol. The zero-order chi connectivity index (χ0) is 17.9. The van der Waals surface area contributed by atoms with Crippen molar-refractivity contribution in [1.82, 2.24) is 0 Å². The lowest BCUT2D eigenvalue weighted by Crippen LogP contribution is -2.20. The number of aliphatic hydroxyl groups is 1. The maximum Gasteiger partial charge on any atom is 0.257 e. The highest BCUT2D eigenvalue weighted by Gasteiger charge is 2.33. The zero-order valence-electron chi connectivity index (χ0n) is 13.4. The third kappa shape index (κ3) is 1.93. The standard InChI is InChI=1S/C18H14O7/c1-7-12(19)11-13(20)10-8-5-3-4-6-9(8)24-18(22)17(10)25-16(11)14(21)15(7)23-2/h3-6,18-19,21-22H,1-2H3/t18-/m0/s1. The van der Waals surface area contributed by atoms with Gasteiger partial charge in [0.25, 0.3) is 6.29 Å². The van der Waals surface area contributed by atoms with Gasteiger partial charge in [0, 0.05) is 11.1 Å². The van der Waals surface area contributed by atoms with Crippen LogP contribution >= 0.6 is 0 Å². The van der Waals surface area contributed by atoms with E-state index in [1.165, 1.54) is 14.0 Å². The van der Waals surface area contributed by atoms with Crippen molar-refractivity contribution in [2.24, 2.45) is 0 Å². The Hall–Kier alpha value is -3.19. The summed E-state index contributed by atoms with van der Waals surface area (Å²) in [5.41, 5.74) is -0.122. The lowest BCUT2D eigenvalue weighted by Gasteiger charge is -2.24. The Bertz CT molecular complexity index is 1080. The molecule has 3 aromatic rings. The van der Waals surface area contributed by atoms with Gasteiger partial charge in [-0.05, 0) is 13.0 Å². The van der Waals surface area contributed by atoms with Crippen LogP contribution in [0.2, 0.25) is 0 Å². The summed E-state index contributed by atoms with van der Waals surface area (Å²) >= 11 is 0. The monoisotopic (exact) mass is 342 g/mol. The minimum absolute atomic E-state index is 0.0142. The van der Waals surface area contributed by atoms with E-state index in [1.807, 2.05) is 0 Å². The Morgan fingerprint density at radius 1 is 1.16 bits per heavy atom. The first kappa shape index (κ1) is 15.3. The van der Waals surface area contributed by atoms with Gasteiger partial charge in [-0.1, -0.05) is 18.2 Å². The maximum atomic E-state index is 13.1. The van der Waals surface area contributed by atoms with E-state index >= 15 is 0 Å². The van der Waals surface area contributed by atoms with E-state index in [9.17, 15) is 20.1 Å². The summed E-state index contributed by atoms with van der Waals surface area (Å²) in [7, 11) is 1.32. The summed E-state index contributed by atoms with van der Waals surface area (Å²) in [6, 6.07) is 6.68. The first-order valence-electron chi connectivity index (χ1n) is 7.49. The van der Waals surface area contributed by atoms with Crippen LogP contribution in [0.25, 0.3) is 22.1 Å². The summed E-state index contributed by atoms with van der Waals surface area (Å²) in [5.74, 6) is -0.613. The number of phenolic OH excluding ortho intramolecular Hbond substituents is 2. The van der Waals surface area contributed by atoms with Crippen molar-refractivity contribution >= 4 is 11.0 Å². The highest BCUT2D eigenvalue weighted by Crippen LogP contribution is 2.47. The molecule has 2 aromatic carbocycles. The highest BCUT2D eigenvalue weighted by molar-refractivity contribution is 5.95. The van der Waals surface area contributed by atoms with E-state index < -0.39 is 17.5 Å². The Morgan fingerprint density at radius 2 is 1.88 bits per heavy atom. The minimum Gasteiger partial charge on any atom is -0.507 e. The van der Waals surface area contributed by atoms with E-state index in [-0.39, 0.29) is 39.4 Å². The normalized spacial score (nSPS) is 15.4. The van der Waals surface area contributed by atoms with Gasteiger partial charge in [-0.2, -0.15) is 0 Å². The van der Waals surface area contributed by atoms with Crippen LogP contribution in [0.4, 0.5) is 0 Å². The van der Waals surface area contributed by atoms with Crippen molar-refractivity contribution in [3.05, 3.63) is 45.8 Å². The summed E-state index contributed by atoms with van der Waals surface area (Å²) in [5, 5.41) is 30.8. The average molecular weight is 342 g/mol. The average Bonchev–Trinajstić information content (AvgIpc) is 2.60. The quantitative estimate of drug-likeness (QED) is 0.583. The fourth-order valence-electron chi connectivity index (χ4n) is 3.14. The van der Waals surface area contributed by atoms with Gasteiger partial charge < -0.3 is 29.2 Å². The van der Waals surface area contributed by atoms with Crippen molar-refractivity contribution in [3.8, 4) is 34.1 Å². The molecule has 1 aliphatic rings. The number of phenols is 2. The van der Waals surface area contributed by atoms with Crippen molar-refractivity contribution in [2.45, 2.75) is 13.2 Å². The first-order chi connectivity index (χ1) is 12.0. The van der Waals surface area contributed by atoms with Gasteiger partial charge in [0.1, 0.15) is 16.9 Å². The molecule has 0 radical (unpaired) electrons. The predicted molar refractivity (Wildman–Crippen MR) is 88.1 cm³/mol. The van der Waals surface area contributed by atoms with Gasteiger partial charge in [-0.3, -0.25) is 4.79 Å². The Balaban J connectivity index is 2.21. The Kier molecular flexibility index (Phi) is 3.16. The Labute approximate surface area is 141 Å². The van der Waals surface area contributed by atoms with Gasteiger partial charge >= 0.3 is 0 Å². The number of fused-ring (bicyclic) bond motifs is 4. The fraction of sp³-hybridized carbons (Fsp3) is 0.167. The van der Waals surface area contributed by atoms with Crippen molar-refractivity contribution in [1.29, 1.82) is 0 Å². The minimum atomic E-state index is -1.52. The molecular formula is C18H14O7. The molecule has 0 saturated carbocycles.